The zero-order valence-corrected chi connectivity index (χ0v) is 55.8. The molecule has 26 N–H and O–H groups in total. The fourth-order valence-electron chi connectivity index (χ4n) is 10.6. The number of unbranched alkanes of at least 4 members (excludes halogenated alkanes) is 1. The first-order valence-electron chi connectivity index (χ1n) is 32.0. The largest absolute Gasteiger partial charge is 0.370 e. The van der Waals surface area contributed by atoms with E-state index in [0.29, 0.717) is 49.1 Å². The van der Waals surface area contributed by atoms with Crippen LogP contribution in [0.5, 0.6) is 0 Å². The van der Waals surface area contributed by atoms with Gasteiger partial charge < -0.3 is 104 Å². The number of primary amides is 1. The molecule has 528 valence electrons. The van der Waals surface area contributed by atoms with Gasteiger partial charge >= 0.3 is 0 Å². The molecule has 1 saturated heterocycles. The maximum atomic E-state index is 14.8. The Hall–Kier alpha value is -9.73. The molecule has 0 bridgehead atoms. The normalized spacial score (nSPS) is 15.4. The van der Waals surface area contributed by atoms with E-state index in [1.54, 1.807) is 48.9 Å². The number of hydrogen-bond donors (Lipinski definition) is 18. The highest BCUT2D eigenvalue weighted by Crippen LogP contribution is 2.22. The van der Waals surface area contributed by atoms with Crippen LogP contribution in [0.4, 0.5) is 0 Å². The Labute approximate surface area is 562 Å². The van der Waals surface area contributed by atoms with Crippen molar-refractivity contribution in [3.63, 3.8) is 0 Å². The summed E-state index contributed by atoms with van der Waals surface area (Å²) in [4.78, 5) is 169. The maximum Gasteiger partial charge on any atom is 0.245 e. The van der Waals surface area contributed by atoms with Crippen LogP contribution in [0.25, 0.3) is 10.9 Å². The summed E-state index contributed by atoms with van der Waals surface area (Å²) in [5.41, 5.74) is 46.4. The number of aromatic amines is 1. The van der Waals surface area contributed by atoms with Gasteiger partial charge in [-0.1, -0.05) is 48.5 Å². The number of rotatable bonds is 42. The number of H-pyrrole nitrogens is 1. The van der Waals surface area contributed by atoms with Crippen molar-refractivity contribution in [3.8, 4) is 0 Å². The van der Waals surface area contributed by atoms with Crippen LogP contribution in [-0.4, -0.2) is 198 Å². The second-order valence-electron chi connectivity index (χ2n) is 23.3. The highest BCUT2D eigenvalue weighted by atomic mass is 32.2. The Bertz CT molecular complexity index is 3190. The molecule has 2 aromatic carbocycles. The number of carbonyl (C=O) groups excluding carboxylic acids is 11. The van der Waals surface area contributed by atoms with Gasteiger partial charge in [0, 0.05) is 63.0 Å². The lowest BCUT2D eigenvalue weighted by Crippen LogP contribution is -2.60. The van der Waals surface area contributed by atoms with Gasteiger partial charge in [-0.3, -0.25) is 67.7 Å². The minimum absolute atomic E-state index is 0.00150. The van der Waals surface area contributed by atoms with Gasteiger partial charge in [-0.25, -0.2) is 0 Å². The Morgan fingerprint density at radius 1 is 0.531 bits per heavy atom. The van der Waals surface area contributed by atoms with E-state index in [1.165, 1.54) is 37.4 Å². The summed E-state index contributed by atoms with van der Waals surface area (Å²) in [7, 11) is 0. The number of benzene rings is 2. The van der Waals surface area contributed by atoms with Crippen LogP contribution in [0.1, 0.15) is 109 Å². The first kappa shape index (κ1) is 78.7. The van der Waals surface area contributed by atoms with E-state index in [2.05, 4.69) is 67.8 Å². The van der Waals surface area contributed by atoms with E-state index in [1.807, 2.05) is 18.2 Å². The predicted molar refractivity (Wildman–Crippen MR) is 366 cm³/mol. The van der Waals surface area contributed by atoms with Crippen LogP contribution in [0.15, 0.2) is 75.8 Å². The minimum atomic E-state index is -1.38. The van der Waals surface area contributed by atoms with E-state index in [9.17, 15) is 52.7 Å². The average Bonchev–Trinajstić information content (AvgIpc) is 1.64. The number of thioether (sulfide) groups is 1. The lowest BCUT2D eigenvalue weighted by molar-refractivity contribution is -0.142. The number of hydrogen-bond acceptors (Lipinski definition) is 16. The zero-order chi connectivity index (χ0) is 70.9. The van der Waals surface area contributed by atoms with E-state index in [0.717, 1.165) is 10.9 Å². The summed E-state index contributed by atoms with van der Waals surface area (Å²) < 4.78 is 0. The van der Waals surface area contributed by atoms with E-state index in [4.69, 9.17) is 45.9 Å². The summed E-state index contributed by atoms with van der Waals surface area (Å²) in [6.45, 7) is 4.74. The number of fused-ring (bicyclic) bond motifs is 1. The van der Waals surface area contributed by atoms with Gasteiger partial charge in [0.25, 0.3) is 0 Å². The quantitative estimate of drug-likeness (QED) is 0.0146. The highest BCUT2D eigenvalue weighted by molar-refractivity contribution is 7.98. The second kappa shape index (κ2) is 41.2. The number of nitrogens with zero attached hydrogens (tertiary/aromatic N) is 4. The van der Waals surface area contributed by atoms with E-state index < -0.39 is 125 Å². The fraction of sp³-hybridized carbons (Fsp3) is 0.548. The van der Waals surface area contributed by atoms with E-state index in [-0.39, 0.29) is 108 Å². The summed E-state index contributed by atoms with van der Waals surface area (Å²) in [6, 6.07) is 3.66. The molecule has 1 aromatic heterocycles. The molecule has 10 atom stereocenters. The molecule has 1 fully saturated rings. The maximum absolute atomic E-state index is 14.8. The third kappa shape index (κ3) is 27.3. The van der Waals surface area contributed by atoms with Gasteiger partial charge in [0.2, 0.25) is 65.0 Å². The van der Waals surface area contributed by atoms with Crippen molar-refractivity contribution in [1.82, 2.24) is 57.7 Å². The summed E-state index contributed by atoms with van der Waals surface area (Å²) in [5.74, 6) is -8.28. The molecule has 34 heteroatoms. The fourth-order valence-corrected chi connectivity index (χ4v) is 11.0. The molecule has 11 amide bonds. The number of aliphatic imine (C=N–C) groups is 3. The second-order valence-corrected chi connectivity index (χ2v) is 24.3. The molecule has 4 rings (SSSR count). The number of para-hydroxylation sites is 1. The van der Waals surface area contributed by atoms with Gasteiger partial charge in [-0.15, -0.1) is 0 Å². The van der Waals surface area contributed by atoms with Crippen molar-refractivity contribution in [1.29, 1.82) is 0 Å². The van der Waals surface area contributed by atoms with Crippen LogP contribution < -0.4 is 93.7 Å². The SMILES string of the molecule is CSCC[C@H](NC(=O)[C@H](Cc1c[nH]c2ccccc12)NC(=O)[C@H](Cc1ccccc1)NC(=O)[C@H](CCCN=C(N)N)NC(C)=O)C(=O)N[C@@H](C)C(=O)N[C@@H](CCCN=C(N)N)C(=O)N[C@H](C)C(=O)N[C@@H](CCCN=C(N)N)C(=O)N1CCC[C@H]1C(=O)N[C@@H](CCCCN)C(N)=O. The molecule has 0 spiro atoms. The standard InChI is InChI=1S/C62H98N22O11S/c1-35(51(87)79-44(22-13-28-72-61(67)68)53(89)75-36(2)52(88)81-46(23-14-29-73-62(69)70)59(95)84-30-15-24-49(84)58(94)78-42(50(64)86)20-10-11-26-63)76-54(90)45(25-31-96-4)80-57(93)48(33-39-34-74-41-19-9-8-18-40(39)41)83-56(92)47(32-38-16-6-5-7-17-38)82-55(91)43(77-37(3)85)21-12-27-71-60(65)66/h5-9,16-19,34-36,42-49,74H,10-15,20-33,63H2,1-4H3,(H2,64,86)(H,75,89)(H,76,90)(H,77,85)(H,78,94)(H,79,87)(H,80,93)(H,81,88)(H,82,91)(H,83,92)(H4,65,66,71)(H4,67,68,72)(H4,69,70,73)/t35-,36+,42-,43-,44-,45-,46-,47-,48-,49-/m0/s1. The molecular formula is C62H98N22O11S. The molecular weight excluding hydrogens is 1260 g/mol. The Morgan fingerprint density at radius 2 is 0.990 bits per heavy atom. The zero-order valence-electron chi connectivity index (χ0n) is 55.0. The third-order valence-electron chi connectivity index (χ3n) is 15.6. The lowest BCUT2D eigenvalue weighted by atomic mass is 10.0. The Balaban J connectivity index is 1.56. The first-order valence-corrected chi connectivity index (χ1v) is 33.4. The van der Waals surface area contributed by atoms with Crippen molar-refractivity contribution in [3.05, 3.63) is 71.9 Å². The highest BCUT2D eigenvalue weighted by Gasteiger charge is 2.40. The van der Waals surface area contributed by atoms with Gasteiger partial charge in [0.1, 0.15) is 60.4 Å². The predicted octanol–water partition coefficient (Wildman–Crippen LogP) is -4.10. The number of guanidine groups is 3. The molecule has 3 aromatic rings. The van der Waals surface area contributed by atoms with Crippen LogP contribution in [-0.2, 0) is 65.6 Å². The number of carbonyl (C=O) groups is 11. The number of nitrogens with two attached hydrogens (primary N) is 8. The van der Waals surface area contributed by atoms with Crippen LogP contribution in [0, 0.1) is 0 Å². The van der Waals surface area contributed by atoms with Crippen molar-refractivity contribution in [2.24, 2.45) is 60.8 Å². The molecule has 1 aliphatic rings. The first-order chi connectivity index (χ1) is 45.7. The van der Waals surface area contributed by atoms with Crippen LogP contribution >= 0.6 is 11.8 Å². The molecule has 0 saturated carbocycles. The third-order valence-corrected chi connectivity index (χ3v) is 16.3. The number of likely N-dealkylation sites (tertiary alicyclic amines) is 1. The van der Waals surface area contributed by atoms with Gasteiger partial charge in [-0.05, 0) is 127 Å². The van der Waals surface area contributed by atoms with Gasteiger partial charge in [-0.2, -0.15) is 11.8 Å². The van der Waals surface area contributed by atoms with Crippen molar-refractivity contribution in [2.75, 3.05) is 44.7 Å². The number of nitrogens with one attached hydrogen (secondary N) is 10. The van der Waals surface area contributed by atoms with Gasteiger partial charge in [0.05, 0.1) is 0 Å². The number of amides is 11. The Morgan fingerprint density at radius 3 is 1.52 bits per heavy atom. The molecule has 1 aliphatic heterocycles. The number of aromatic nitrogens is 1. The Kier molecular flexibility index (Phi) is 33.8. The molecule has 96 heavy (non-hydrogen) atoms. The van der Waals surface area contributed by atoms with Crippen molar-refractivity contribution in [2.45, 2.75) is 171 Å². The van der Waals surface area contributed by atoms with Crippen LogP contribution in [0.2, 0.25) is 0 Å². The van der Waals surface area contributed by atoms with Crippen molar-refractivity contribution < 1.29 is 52.7 Å². The topological polar surface area (TPSA) is 560 Å². The molecule has 0 unspecified atom stereocenters. The summed E-state index contributed by atoms with van der Waals surface area (Å²) in [6.07, 6.45) is 6.07. The molecule has 0 radical (unpaired) electrons. The van der Waals surface area contributed by atoms with Crippen molar-refractivity contribution >= 4 is 106 Å². The lowest BCUT2D eigenvalue weighted by Gasteiger charge is -2.30. The smallest absolute Gasteiger partial charge is 0.245 e. The monoisotopic (exact) mass is 1360 g/mol. The summed E-state index contributed by atoms with van der Waals surface area (Å²) in [5, 5.41) is 25.0. The van der Waals surface area contributed by atoms with Crippen LogP contribution in [0.3, 0.4) is 0 Å². The minimum Gasteiger partial charge on any atom is -0.370 e. The van der Waals surface area contributed by atoms with E-state index >= 15 is 0 Å². The molecule has 33 nitrogen and oxygen atoms in total. The molecule has 2 heterocycles. The van der Waals surface area contributed by atoms with Gasteiger partial charge in [0.15, 0.2) is 17.9 Å². The molecule has 0 aliphatic carbocycles. The average molecular weight is 1360 g/mol. The summed E-state index contributed by atoms with van der Waals surface area (Å²) >= 11 is 1.37.